The molecule has 0 radical (unpaired) electrons. The van der Waals surface area contributed by atoms with E-state index in [0.717, 1.165) is 15.8 Å². The molecule has 3 heterocycles. The predicted molar refractivity (Wildman–Crippen MR) is 110 cm³/mol. The van der Waals surface area contributed by atoms with Crippen molar-refractivity contribution in [2.45, 2.75) is 20.5 Å². The Morgan fingerprint density at radius 3 is 2.52 bits per heavy atom. The Labute approximate surface area is 174 Å². The van der Waals surface area contributed by atoms with E-state index in [2.05, 4.69) is 20.2 Å². The third-order valence-electron chi connectivity index (χ3n) is 4.86. The van der Waals surface area contributed by atoms with Gasteiger partial charge in [-0.25, -0.2) is 4.98 Å². The summed E-state index contributed by atoms with van der Waals surface area (Å²) in [6.45, 7) is 7.60. The molecule has 0 atom stereocenters. The van der Waals surface area contributed by atoms with Gasteiger partial charge in [-0.1, -0.05) is 0 Å². The summed E-state index contributed by atoms with van der Waals surface area (Å²) in [6.07, 6.45) is 0. The molecule has 29 heavy (non-hydrogen) atoms. The Kier molecular flexibility index (Phi) is 6.99. The molecule has 1 fully saturated rings. The first-order valence-corrected chi connectivity index (χ1v) is 10.4. The van der Waals surface area contributed by atoms with Crippen LogP contribution in [0.15, 0.2) is 0 Å². The predicted octanol–water partition coefficient (Wildman–Crippen LogP) is 1.05. The van der Waals surface area contributed by atoms with Gasteiger partial charge in [0.1, 0.15) is 11.4 Å². The van der Waals surface area contributed by atoms with Gasteiger partial charge >= 0.3 is 0 Å². The minimum atomic E-state index is -0.0153. The van der Waals surface area contributed by atoms with Gasteiger partial charge in [-0.15, -0.1) is 11.3 Å². The van der Waals surface area contributed by atoms with Crippen molar-refractivity contribution < 1.29 is 19.1 Å². The van der Waals surface area contributed by atoms with Crippen molar-refractivity contribution in [1.29, 1.82) is 0 Å². The van der Waals surface area contributed by atoms with Crippen molar-refractivity contribution in [2.24, 2.45) is 0 Å². The zero-order valence-electron chi connectivity index (χ0n) is 17.3. The molecule has 2 amide bonds. The highest BCUT2D eigenvalue weighted by Gasteiger charge is 2.27. The summed E-state index contributed by atoms with van der Waals surface area (Å²) in [4.78, 5) is 39.1. The van der Waals surface area contributed by atoms with Crippen LogP contribution in [0, 0.1) is 6.92 Å². The highest BCUT2D eigenvalue weighted by Crippen LogP contribution is 2.35. The number of hydrogen-bond donors (Lipinski definition) is 1. The second kappa shape index (κ2) is 9.47. The lowest BCUT2D eigenvalue weighted by atomic mass is 10.2. The first-order valence-electron chi connectivity index (χ1n) is 9.59. The van der Waals surface area contributed by atoms with E-state index in [1.807, 2.05) is 18.7 Å². The smallest absolute Gasteiger partial charge is 0.264 e. The number of rotatable bonds is 7. The van der Waals surface area contributed by atoms with Gasteiger partial charge in [-0.2, -0.15) is 4.98 Å². The van der Waals surface area contributed by atoms with Crippen LogP contribution in [0.1, 0.15) is 28.0 Å². The Morgan fingerprint density at radius 2 is 1.90 bits per heavy atom. The Bertz CT molecular complexity index is 892. The number of ether oxygens (including phenoxy) is 2. The van der Waals surface area contributed by atoms with Crippen molar-refractivity contribution in [3.8, 4) is 5.88 Å². The van der Waals surface area contributed by atoms with Crippen molar-refractivity contribution in [2.75, 3.05) is 53.5 Å². The van der Waals surface area contributed by atoms with Crippen molar-refractivity contribution >= 4 is 33.4 Å². The van der Waals surface area contributed by atoms with E-state index in [-0.39, 0.29) is 18.4 Å². The topological polar surface area (TPSA) is 96.9 Å². The molecule has 1 aliphatic rings. The van der Waals surface area contributed by atoms with E-state index in [9.17, 15) is 9.59 Å². The fourth-order valence-corrected chi connectivity index (χ4v) is 4.56. The molecule has 0 spiro atoms. The molecule has 1 saturated heterocycles. The summed E-state index contributed by atoms with van der Waals surface area (Å²) in [5, 5.41) is 3.58. The number of carbonyl (C=O) groups excluding carboxylic acids is 2. The van der Waals surface area contributed by atoms with Crippen LogP contribution in [0.4, 0.5) is 0 Å². The van der Waals surface area contributed by atoms with Crippen LogP contribution in [-0.2, 0) is 16.1 Å². The number of piperazine rings is 1. The Hall–Kier alpha value is -2.30. The maximum absolute atomic E-state index is 13.2. The van der Waals surface area contributed by atoms with Crippen LogP contribution in [0.5, 0.6) is 5.88 Å². The standard InChI is InChI=1S/C19H27N5O4S/c1-5-20-14(25)10-23-6-8-24(9-7-23)19(26)16-12(2)15-17(28-4)21-13(11-27-3)22-18(15)29-16/h5-11H2,1-4H3,(H,20,25). The molecular formula is C19H27N5O4S. The summed E-state index contributed by atoms with van der Waals surface area (Å²) in [5.41, 5.74) is 0.834. The third kappa shape index (κ3) is 4.65. The molecular weight excluding hydrogens is 394 g/mol. The fraction of sp³-hybridized carbons (Fsp3) is 0.579. The number of carbonyl (C=O) groups is 2. The second-order valence-corrected chi connectivity index (χ2v) is 7.84. The van der Waals surface area contributed by atoms with Crippen LogP contribution in [0.2, 0.25) is 0 Å². The van der Waals surface area contributed by atoms with Gasteiger partial charge in [-0.05, 0) is 19.4 Å². The van der Waals surface area contributed by atoms with Crippen molar-refractivity contribution in [1.82, 2.24) is 25.1 Å². The van der Waals surface area contributed by atoms with Crippen LogP contribution in [0.3, 0.4) is 0 Å². The van der Waals surface area contributed by atoms with Crippen molar-refractivity contribution in [3.63, 3.8) is 0 Å². The van der Waals surface area contributed by atoms with Gasteiger partial charge in [0, 0.05) is 39.8 Å². The number of aromatic nitrogens is 2. The number of methoxy groups -OCH3 is 2. The maximum atomic E-state index is 13.2. The van der Waals surface area contributed by atoms with E-state index in [0.29, 0.717) is 55.9 Å². The van der Waals surface area contributed by atoms with E-state index < -0.39 is 0 Å². The van der Waals surface area contributed by atoms with Gasteiger partial charge in [0.15, 0.2) is 5.82 Å². The molecule has 2 aromatic rings. The summed E-state index contributed by atoms with van der Waals surface area (Å²) in [7, 11) is 3.14. The van der Waals surface area contributed by atoms with Crippen LogP contribution in [0.25, 0.3) is 10.2 Å². The normalized spacial score (nSPS) is 15.0. The fourth-order valence-electron chi connectivity index (χ4n) is 3.40. The van der Waals surface area contributed by atoms with E-state index in [4.69, 9.17) is 9.47 Å². The monoisotopic (exact) mass is 421 g/mol. The maximum Gasteiger partial charge on any atom is 0.264 e. The highest BCUT2D eigenvalue weighted by molar-refractivity contribution is 7.20. The SMILES string of the molecule is CCNC(=O)CN1CCN(C(=O)c2sc3nc(COC)nc(OC)c3c2C)CC1. The highest BCUT2D eigenvalue weighted by atomic mass is 32.1. The molecule has 2 aromatic heterocycles. The Balaban J connectivity index is 1.76. The summed E-state index contributed by atoms with van der Waals surface area (Å²) in [6, 6.07) is 0. The van der Waals surface area contributed by atoms with Gasteiger partial charge in [0.25, 0.3) is 5.91 Å². The quantitative estimate of drug-likeness (QED) is 0.714. The average Bonchev–Trinajstić information content (AvgIpc) is 3.04. The Morgan fingerprint density at radius 1 is 1.17 bits per heavy atom. The van der Waals surface area contributed by atoms with E-state index in [1.54, 1.807) is 14.2 Å². The number of nitrogens with one attached hydrogen (secondary N) is 1. The number of fused-ring (bicyclic) bond motifs is 1. The lowest BCUT2D eigenvalue weighted by Crippen LogP contribution is -2.51. The minimum Gasteiger partial charge on any atom is -0.480 e. The molecule has 0 unspecified atom stereocenters. The number of amides is 2. The largest absolute Gasteiger partial charge is 0.480 e. The third-order valence-corrected chi connectivity index (χ3v) is 6.04. The molecule has 1 aliphatic heterocycles. The van der Waals surface area contributed by atoms with Gasteiger partial charge in [0.2, 0.25) is 11.8 Å². The number of hydrogen-bond acceptors (Lipinski definition) is 8. The van der Waals surface area contributed by atoms with Crippen LogP contribution < -0.4 is 10.1 Å². The van der Waals surface area contributed by atoms with E-state index in [1.165, 1.54) is 11.3 Å². The van der Waals surface area contributed by atoms with Gasteiger partial charge < -0.3 is 19.7 Å². The second-order valence-electron chi connectivity index (χ2n) is 6.84. The number of thiophene rings is 1. The molecule has 3 rings (SSSR count). The van der Waals surface area contributed by atoms with Gasteiger partial charge in [-0.3, -0.25) is 14.5 Å². The minimum absolute atomic E-state index is 0.0153. The van der Waals surface area contributed by atoms with Crippen molar-refractivity contribution in [3.05, 3.63) is 16.3 Å². The molecule has 158 valence electrons. The molecule has 0 bridgehead atoms. The first-order chi connectivity index (χ1) is 14.0. The lowest BCUT2D eigenvalue weighted by Gasteiger charge is -2.34. The first kappa shape index (κ1) is 21.4. The molecule has 0 aromatic carbocycles. The van der Waals surface area contributed by atoms with E-state index >= 15 is 0 Å². The zero-order chi connectivity index (χ0) is 21.0. The number of aryl methyl sites for hydroxylation is 1. The number of nitrogens with zero attached hydrogens (tertiary/aromatic N) is 4. The van der Waals surface area contributed by atoms with Gasteiger partial charge in [0.05, 0.1) is 23.9 Å². The molecule has 10 heteroatoms. The van der Waals surface area contributed by atoms with Crippen LogP contribution >= 0.6 is 11.3 Å². The lowest BCUT2D eigenvalue weighted by molar-refractivity contribution is -0.122. The summed E-state index contributed by atoms with van der Waals surface area (Å²) < 4.78 is 10.6. The summed E-state index contributed by atoms with van der Waals surface area (Å²) >= 11 is 1.36. The average molecular weight is 422 g/mol. The molecule has 9 nitrogen and oxygen atoms in total. The summed E-state index contributed by atoms with van der Waals surface area (Å²) in [5.74, 6) is 0.987. The number of likely N-dealkylation sites (N-methyl/N-ethyl adjacent to an activating group) is 1. The zero-order valence-corrected chi connectivity index (χ0v) is 18.1. The van der Waals surface area contributed by atoms with Crippen LogP contribution in [-0.4, -0.2) is 85.1 Å². The molecule has 0 aliphatic carbocycles. The molecule has 1 N–H and O–H groups in total. The molecule has 0 saturated carbocycles.